The molecule has 2 heterocycles. The number of benzene rings is 3. The highest BCUT2D eigenvalue weighted by Crippen LogP contribution is 2.39. The van der Waals surface area contributed by atoms with Crippen LogP contribution in [0.15, 0.2) is 59.6 Å². The minimum Gasteiger partial charge on any atom is -0.497 e. The first-order valence-electron chi connectivity index (χ1n) is 12.0. The maximum atomic E-state index is 13.0. The van der Waals surface area contributed by atoms with Crippen LogP contribution in [0.5, 0.6) is 23.0 Å². The third-order valence-electron chi connectivity index (χ3n) is 6.45. The number of hydrogen-bond acceptors (Lipinski definition) is 6. The van der Waals surface area contributed by atoms with Crippen LogP contribution in [0.3, 0.4) is 0 Å². The van der Waals surface area contributed by atoms with Gasteiger partial charge in [-0.05, 0) is 55.8 Å². The third-order valence-corrected chi connectivity index (χ3v) is 6.45. The zero-order valence-electron chi connectivity index (χ0n) is 21.0. The van der Waals surface area contributed by atoms with Crippen LogP contribution < -0.4 is 19.5 Å². The van der Waals surface area contributed by atoms with Gasteiger partial charge in [0.2, 0.25) is 0 Å². The molecule has 2 aliphatic heterocycles. The van der Waals surface area contributed by atoms with Gasteiger partial charge >= 0.3 is 6.03 Å². The highest BCUT2D eigenvalue weighted by molar-refractivity contribution is 6.04. The van der Waals surface area contributed by atoms with Crippen LogP contribution in [0, 0.1) is 13.8 Å². The lowest BCUT2D eigenvalue weighted by atomic mass is 10.1. The van der Waals surface area contributed by atoms with E-state index in [0.29, 0.717) is 43.4 Å². The highest BCUT2D eigenvalue weighted by Gasteiger charge is 2.28. The molecule has 8 heteroatoms. The number of methoxy groups -OCH3 is 2. The second kappa shape index (κ2) is 9.81. The number of ether oxygens (including phenoxy) is 3. The van der Waals surface area contributed by atoms with E-state index in [4.69, 9.17) is 19.2 Å². The van der Waals surface area contributed by atoms with Crippen molar-refractivity contribution in [3.05, 3.63) is 71.3 Å². The van der Waals surface area contributed by atoms with E-state index in [2.05, 4.69) is 23.2 Å². The molecule has 5 rings (SSSR count). The number of hydrogen-bond donors (Lipinski definition) is 1. The van der Waals surface area contributed by atoms with Crippen LogP contribution in [-0.4, -0.2) is 62.1 Å². The number of anilines is 1. The summed E-state index contributed by atoms with van der Waals surface area (Å²) in [5, 5.41) is 2.97. The van der Waals surface area contributed by atoms with Crippen molar-refractivity contribution in [2.75, 3.05) is 45.7 Å². The molecule has 0 saturated carbocycles. The highest BCUT2D eigenvalue weighted by atomic mass is 16.5. The van der Waals surface area contributed by atoms with Crippen molar-refractivity contribution < 1.29 is 19.0 Å². The first-order valence-corrected chi connectivity index (χ1v) is 12.0. The molecule has 0 aromatic heterocycles. The van der Waals surface area contributed by atoms with Gasteiger partial charge in [0.25, 0.3) is 0 Å². The Hall–Kier alpha value is -4.20. The van der Waals surface area contributed by atoms with Crippen molar-refractivity contribution in [1.82, 2.24) is 9.80 Å². The van der Waals surface area contributed by atoms with Crippen molar-refractivity contribution in [2.24, 2.45) is 4.99 Å². The van der Waals surface area contributed by atoms with Crippen LogP contribution in [-0.2, 0) is 0 Å². The summed E-state index contributed by atoms with van der Waals surface area (Å²) in [4.78, 5) is 22.1. The number of piperazine rings is 1. The average Bonchev–Trinajstić information content (AvgIpc) is 3.05. The molecule has 0 bridgehead atoms. The molecule has 3 aromatic rings. The summed E-state index contributed by atoms with van der Waals surface area (Å²) < 4.78 is 16.9. The van der Waals surface area contributed by atoms with Crippen molar-refractivity contribution in [2.45, 2.75) is 13.8 Å². The van der Waals surface area contributed by atoms with E-state index < -0.39 is 0 Å². The number of amidine groups is 1. The van der Waals surface area contributed by atoms with Gasteiger partial charge in [-0.2, -0.15) is 0 Å². The van der Waals surface area contributed by atoms with E-state index >= 15 is 0 Å². The van der Waals surface area contributed by atoms with Gasteiger partial charge in [0.05, 0.1) is 25.5 Å². The predicted octanol–water partition coefficient (Wildman–Crippen LogP) is 5.35. The third kappa shape index (κ3) is 4.66. The largest absolute Gasteiger partial charge is 0.497 e. The normalized spacial score (nSPS) is 14.6. The predicted molar refractivity (Wildman–Crippen MR) is 140 cm³/mol. The van der Waals surface area contributed by atoms with E-state index in [9.17, 15) is 4.79 Å². The number of nitrogens with one attached hydrogen (secondary N) is 1. The minimum absolute atomic E-state index is 0.165. The van der Waals surface area contributed by atoms with E-state index in [1.165, 1.54) is 0 Å². The molecule has 1 N–H and O–H groups in total. The summed E-state index contributed by atoms with van der Waals surface area (Å²) in [5.74, 6) is 3.62. The van der Waals surface area contributed by atoms with Crippen molar-refractivity contribution in [1.29, 1.82) is 0 Å². The molecule has 2 aliphatic rings. The first kappa shape index (κ1) is 23.5. The molecule has 0 atom stereocenters. The summed E-state index contributed by atoms with van der Waals surface area (Å²) in [5.41, 5.74) is 4.63. The lowest BCUT2D eigenvalue weighted by Crippen LogP contribution is -2.51. The van der Waals surface area contributed by atoms with Crippen LogP contribution in [0.1, 0.15) is 16.7 Å². The molecule has 2 amide bonds. The van der Waals surface area contributed by atoms with E-state index in [0.717, 1.165) is 39.7 Å². The number of amides is 2. The minimum atomic E-state index is -0.165. The number of fused-ring (bicyclic) bond motifs is 2. The summed E-state index contributed by atoms with van der Waals surface area (Å²) in [6, 6.07) is 17.4. The Morgan fingerprint density at radius 2 is 1.64 bits per heavy atom. The van der Waals surface area contributed by atoms with Crippen LogP contribution >= 0.6 is 0 Å². The standard InChI is InChI=1S/C28H30N4O4/c1-18-6-10-24-21(15-18)27(29-23-8-5-19(2)16-26(23)36-24)31-11-13-32(14-12-31)28(33)30-22-9-7-20(34-3)17-25(22)35-4/h5-10,15-17H,11-14H2,1-4H3,(H,30,33). The lowest BCUT2D eigenvalue weighted by Gasteiger charge is -2.36. The molecule has 8 nitrogen and oxygen atoms in total. The van der Waals surface area contributed by atoms with Gasteiger partial charge in [0, 0.05) is 32.2 Å². The summed E-state index contributed by atoms with van der Waals surface area (Å²) in [6.45, 7) is 6.54. The van der Waals surface area contributed by atoms with Gasteiger partial charge in [0.1, 0.15) is 28.8 Å². The van der Waals surface area contributed by atoms with Crippen molar-refractivity contribution in [3.8, 4) is 23.0 Å². The number of urea groups is 1. The SMILES string of the molecule is COc1ccc(NC(=O)N2CCN(C3=Nc4ccc(C)cc4Oc4ccc(C)cc43)CC2)c(OC)c1. The molecule has 0 spiro atoms. The number of nitrogens with zero attached hydrogens (tertiary/aromatic N) is 3. The number of carbonyl (C=O) groups excluding carboxylic acids is 1. The topological polar surface area (TPSA) is 75.6 Å². The van der Waals surface area contributed by atoms with Crippen LogP contribution in [0.25, 0.3) is 0 Å². The van der Waals surface area contributed by atoms with E-state index in [1.54, 1.807) is 32.4 Å². The molecule has 3 aromatic carbocycles. The van der Waals surface area contributed by atoms with E-state index in [1.807, 2.05) is 42.2 Å². The molecule has 0 unspecified atom stereocenters. The Balaban J connectivity index is 1.35. The fourth-order valence-corrected chi connectivity index (χ4v) is 4.45. The first-order chi connectivity index (χ1) is 17.4. The molecule has 0 radical (unpaired) electrons. The van der Waals surface area contributed by atoms with Gasteiger partial charge in [0.15, 0.2) is 5.75 Å². The maximum Gasteiger partial charge on any atom is 0.322 e. The fraction of sp³-hybridized carbons (Fsp3) is 0.286. The lowest BCUT2D eigenvalue weighted by molar-refractivity contribution is 0.181. The number of carbonyl (C=O) groups is 1. The summed E-state index contributed by atoms with van der Waals surface area (Å²) in [6.07, 6.45) is 0. The summed E-state index contributed by atoms with van der Waals surface area (Å²) >= 11 is 0. The molecule has 1 saturated heterocycles. The Kier molecular flexibility index (Phi) is 6.41. The average molecular weight is 487 g/mol. The Morgan fingerprint density at radius 3 is 2.39 bits per heavy atom. The molecular formula is C28H30N4O4. The number of aliphatic imine (C=N–C) groups is 1. The van der Waals surface area contributed by atoms with E-state index in [-0.39, 0.29) is 6.03 Å². The van der Waals surface area contributed by atoms with Crippen molar-refractivity contribution in [3.63, 3.8) is 0 Å². The number of rotatable bonds is 3. The zero-order valence-corrected chi connectivity index (χ0v) is 21.0. The molecular weight excluding hydrogens is 456 g/mol. The monoisotopic (exact) mass is 486 g/mol. The van der Waals surface area contributed by atoms with Gasteiger partial charge in [-0.25, -0.2) is 9.79 Å². The Labute approximate surface area is 211 Å². The summed E-state index contributed by atoms with van der Waals surface area (Å²) in [7, 11) is 3.16. The fourth-order valence-electron chi connectivity index (χ4n) is 4.45. The molecule has 36 heavy (non-hydrogen) atoms. The maximum absolute atomic E-state index is 13.0. The zero-order chi connectivity index (χ0) is 25.2. The Morgan fingerprint density at radius 1 is 0.889 bits per heavy atom. The molecule has 186 valence electrons. The smallest absolute Gasteiger partial charge is 0.322 e. The van der Waals surface area contributed by atoms with Gasteiger partial charge in [-0.3, -0.25) is 0 Å². The molecule has 0 aliphatic carbocycles. The van der Waals surface area contributed by atoms with Gasteiger partial charge in [-0.15, -0.1) is 0 Å². The quantitative estimate of drug-likeness (QED) is 0.540. The molecule has 1 fully saturated rings. The second-order valence-corrected chi connectivity index (χ2v) is 8.98. The van der Waals surface area contributed by atoms with Crippen molar-refractivity contribution >= 4 is 23.2 Å². The van der Waals surface area contributed by atoms with Crippen LogP contribution in [0.2, 0.25) is 0 Å². The van der Waals surface area contributed by atoms with Crippen LogP contribution in [0.4, 0.5) is 16.2 Å². The van der Waals surface area contributed by atoms with Gasteiger partial charge < -0.3 is 29.3 Å². The second-order valence-electron chi connectivity index (χ2n) is 8.98. The Bertz CT molecular complexity index is 1330. The number of aryl methyl sites for hydroxylation is 2. The van der Waals surface area contributed by atoms with Gasteiger partial charge in [-0.1, -0.05) is 17.7 Å².